The fourth-order valence-corrected chi connectivity index (χ4v) is 3.07. The molecule has 0 spiro atoms. The lowest BCUT2D eigenvalue weighted by atomic mass is 9.85. The Morgan fingerprint density at radius 2 is 2.00 bits per heavy atom. The Kier molecular flexibility index (Phi) is 10.1. The van der Waals surface area contributed by atoms with Gasteiger partial charge in [0.2, 0.25) is 5.91 Å². The second kappa shape index (κ2) is 11.8. The average Bonchev–Trinajstić information content (AvgIpc) is 2.62. The van der Waals surface area contributed by atoms with Crippen molar-refractivity contribution in [1.82, 2.24) is 10.6 Å². The van der Waals surface area contributed by atoms with Gasteiger partial charge in [-0.05, 0) is 69.0 Å². The normalized spacial score (nSPS) is 17.5. The molecular formula is C19H30ClN3O3. The van der Waals surface area contributed by atoms with Gasteiger partial charge in [0.05, 0.1) is 0 Å². The minimum absolute atomic E-state index is 0. The summed E-state index contributed by atoms with van der Waals surface area (Å²) in [6.07, 6.45) is 2.91. The summed E-state index contributed by atoms with van der Waals surface area (Å²) in [5.41, 5.74) is 0.740. The Morgan fingerprint density at radius 3 is 2.62 bits per heavy atom. The predicted octanol–water partition coefficient (Wildman–Crippen LogP) is 2.59. The molecule has 1 fully saturated rings. The molecule has 1 saturated heterocycles. The molecule has 1 aliphatic heterocycles. The largest absolute Gasteiger partial charge is 0.484 e. The number of anilines is 1. The number of carbonyl (C=O) groups is 2. The van der Waals surface area contributed by atoms with E-state index >= 15 is 0 Å². The molecule has 0 saturated carbocycles. The van der Waals surface area contributed by atoms with Crippen LogP contribution in [0.3, 0.4) is 0 Å². The van der Waals surface area contributed by atoms with Crippen LogP contribution in [-0.2, 0) is 9.59 Å². The number of benzene rings is 1. The van der Waals surface area contributed by atoms with Crippen molar-refractivity contribution >= 4 is 29.9 Å². The minimum atomic E-state index is -0.147. The number of likely N-dealkylation sites (N-methyl/N-ethyl adjacent to an activating group) is 1. The lowest BCUT2D eigenvalue weighted by Gasteiger charge is -2.28. The summed E-state index contributed by atoms with van der Waals surface area (Å²) in [4.78, 5) is 23.6. The molecule has 0 radical (unpaired) electrons. The van der Waals surface area contributed by atoms with Crippen molar-refractivity contribution < 1.29 is 14.3 Å². The molecule has 3 N–H and O–H groups in total. The molecule has 1 aromatic rings. The third-order valence-corrected chi connectivity index (χ3v) is 4.53. The zero-order chi connectivity index (χ0) is 18.1. The summed E-state index contributed by atoms with van der Waals surface area (Å²) in [6.45, 7) is 6.68. The Balaban J connectivity index is 0.00000338. The van der Waals surface area contributed by atoms with Gasteiger partial charge in [0.1, 0.15) is 5.75 Å². The maximum atomic E-state index is 12.2. The van der Waals surface area contributed by atoms with Crippen molar-refractivity contribution in [1.29, 1.82) is 0 Å². The van der Waals surface area contributed by atoms with Crippen molar-refractivity contribution in [3.63, 3.8) is 0 Å². The number of carbonyl (C=O) groups excluding carboxylic acids is 2. The van der Waals surface area contributed by atoms with Gasteiger partial charge in [-0.25, -0.2) is 0 Å². The van der Waals surface area contributed by atoms with E-state index in [-0.39, 0.29) is 30.8 Å². The van der Waals surface area contributed by atoms with E-state index in [1.165, 1.54) is 12.8 Å². The van der Waals surface area contributed by atoms with Gasteiger partial charge in [0, 0.05) is 18.7 Å². The van der Waals surface area contributed by atoms with Gasteiger partial charge < -0.3 is 20.7 Å². The lowest BCUT2D eigenvalue weighted by Crippen LogP contribution is -2.34. The van der Waals surface area contributed by atoms with E-state index in [0.29, 0.717) is 30.6 Å². The van der Waals surface area contributed by atoms with Crippen LogP contribution in [0.25, 0.3) is 0 Å². The van der Waals surface area contributed by atoms with Crippen molar-refractivity contribution in [2.45, 2.75) is 33.1 Å². The van der Waals surface area contributed by atoms with E-state index in [2.05, 4.69) is 22.9 Å². The molecule has 7 heteroatoms. The molecule has 1 aliphatic rings. The van der Waals surface area contributed by atoms with Gasteiger partial charge in [-0.1, -0.05) is 6.92 Å². The Bertz CT molecular complexity index is 560. The molecule has 0 bridgehead atoms. The number of rotatable bonds is 8. The first-order valence-electron chi connectivity index (χ1n) is 9.08. The van der Waals surface area contributed by atoms with Crippen LogP contribution in [0.5, 0.6) is 5.75 Å². The summed E-state index contributed by atoms with van der Waals surface area (Å²) in [7, 11) is 0. The van der Waals surface area contributed by atoms with Crippen molar-refractivity contribution in [3.8, 4) is 5.75 Å². The maximum Gasteiger partial charge on any atom is 0.257 e. The van der Waals surface area contributed by atoms with Crippen molar-refractivity contribution in [3.05, 3.63) is 24.3 Å². The molecular weight excluding hydrogens is 354 g/mol. The smallest absolute Gasteiger partial charge is 0.257 e. The van der Waals surface area contributed by atoms with Gasteiger partial charge >= 0.3 is 0 Å². The summed E-state index contributed by atoms with van der Waals surface area (Å²) in [5, 5.41) is 9.00. The SMILES string of the molecule is CCNC(=O)COc1ccc(NC(=O)CC(C)C2CCCNC2)cc1.Cl. The Labute approximate surface area is 161 Å². The molecule has 0 aliphatic carbocycles. The first-order valence-corrected chi connectivity index (χ1v) is 9.08. The zero-order valence-corrected chi connectivity index (χ0v) is 16.4. The molecule has 2 atom stereocenters. The zero-order valence-electron chi connectivity index (χ0n) is 15.5. The Morgan fingerprint density at radius 1 is 1.27 bits per heavy atom. The van der Waals surface area contributed by atoms with Crippen LogP contribution in [0, 0.1) is 11.8 Å². The van der Waals surface area contributed by atoms with Crippen molar-refractivity contribution in [2.75, 3.05) is 31.6 Å². The van der Waals surface area contributed by atoms with E-state index in [4.69, 9.17) is 4.74 Å². The monoisotopic (exact) mass is 383 g/mol. The van der Waals surface area contributed by atoms with E-state index in [1.807, 2.05) is 6.92 Å². The summed E-state index contributed by atoms with van der Waals surface area (Å²) >= 11 is 0. The molecule has 1 heterocycles. The highest BCUT2D eigenvalue weighted by Crippen LogP contribution is 2.23. The molecule has 2 amide bonds. The third kappa shape index (κ3) is 7.62. The van der Waals surface area contributed by atoms with E-state index < -0.39 is 0 Å². The molecule has 0 aromatic heterocycles. The summed E-state index contributed by atoms with van der Waals surface area (Å²) < 4.78 is 5.39. The average molecular weight is 384 g/mol. The van der Waals surface area contributed by atoms with Crippen LogP contribution in [0.15, 0.2) is 24.3 Å². The fourth-order valence-electron chi connectivity index (χ4n) is 3.07. The van der Waals surface area contributed by atoms with Crippen LogP contribution in [0.2, 0.25) is 0 Å². The first-order chi connectivity index (χ1) is 12.1. The van der Waals surface area contributed by atoms with E-state index in [0.717, 1.165) is 18.8 Å². The molecule has 2 unspecified atom stereocenters. The van der Waals surface area contributed by atoms with Gasteiger partial charge in [0.25, 0.3) is 5.91 Å². The number of halogens is 1. The lowest BCUT2D eigenvalue weighted by molar-refractivity contribution is -0.123. The summed E-state index contributed by atoms with van der Waals surface area (Å²) in [5.74, 6) is 1.43. The molecule has 146 valence electrons. The van der Waals surface area contributed by atoms with Crippen LogP contribution in [-0.4, -0.2) is 38.1 Å². The van der Waals surface area contributed by atoms with Gasteiger partial charge in [-0.15, -0.1) is 12.4 Å². The molecule has 6 nitrogen and oxygen atoms in total. The van der Waals surface area contributed by atoms with E-state index in [1.54, 1.807) is 24.3 Å². The fraction of sp³-hybridized carbons (Fsp3) is 0.579. The van der Waals surface area contributed by atoms with Gasteiger partial charge in [0.15, 0.2) is 6.61 Å². The quantitative estimate of drug-likeness (QED) is 0.644. The predicted molar refractivity (Wildman–Crippen MR) is 106 cm³/mol. The van der Waals surface area contributed by atoms with Crippen molar-refractivity contribution in [2.24, 2.45) is 11.8 Å². The number of piperidine rings is 1. The van der Waals surface area contributed by atoms with Crippen LogP contribution in [0.4, 0.5) is 5.69 Å². The topological polar surface area (TPSA) is 79.5 Å². The van der Waals surface area contributed by atoms with Crippen LogP contribution < -0.4 is 20.7 Å². The highest BCUT2D eigenvalue weighted by Gasteiger charge is 2.22. The van der Waals surface area contributed by atoms with E-state index in [9.17, 15) is 9.59 Å². The number of hydrogen-bond donors (Lipinski definition) is 3. The van der Waals surface area contributed by atoms with Gasteiger partial charge in [-0.3, -0.25) is 9.59 Å². The van der Waals surface area contributed by atoms with Crippen LogP contribution in [0.1, 0.15) is 33.1 Å². The second-order valence-electron chi connectivity index (χ2n) is 6.60. The standard InChI is InChI=1S/C19H29N3O3.ClH/c1-3-21-19(24)13-25-17-8-6-16(7-9-17)22-18(23)11-14(2)15-5-4-10-20-12-15;/h6-9,14-15,20H,3-5,10-13H2,1-2H3,(H,21,24)(H,22,23);1H. The minimum Gasteiger partial charge on any atom is -0.484 e. The highest BCUT2D eigenvalue weighted by molar-refractivity contribution is 5.90. The number of nitrogens with one attached hydrogen (secondary N) is 3. The van der Waals surface area contributed by atoms with Crippen LogP contribution >= 0.6 is 12.4 Å². The second-order valence-corrected chi connectivity index (χ2v) is 6.60. The first kappa shape index (κ1) is 22.3. The molecule has 26 heavy (non-hydrogen) atoms. The number of hydrogen-bond acceptors (Lipinski definition) is 4. The maximum absolute atomic E-state index is 12.2. The summed E-state index contributed by atoms with van der Waals surface area (Å²) in [6, 6.07) is 7.09. The molecule has 2 rings (SSSR count). The number of ether oxygens (including phenoxy) is 1. The Hall–Kier alpha value is -1.79. The molecule has 1 aromatic carbocycles. The highest BCUT2D eigenvalue weighted by atomic mass is 35.5. The number of amides is 2. The third-order valence-electron chi connectivity index (χ3n) is 4.53. The van der Waals surface area contributed by atoms with Gasteiger partial charge in [-0.2, -0.15) is 0 Å².